The van der Waals surface area contributed by atoms with Crippen molar-refractivity contribution in [2.24, 2.45) is 10.9 Å². The number of aliphatic hydroxyl groups excluding tert-OH is 1. The summed E-state index contributed by atoms with van der Waals surface area (Å²) >= 11 is 0. The molecule has 0 rings (SSSR count). The van der Waals surface area contributed by atoms with E-state index < -0.39 is 17.5 Å². The molecule has 11 heavy (non-hydrogen) atoms. The Bertz CT molecular complexity index is 146. The van der Waals surface area contributed by atoms with Gasteiger partial charge in [0.15, 0.2) is 6.35 Å². The lowest BCUT2D eigenvalue weighted by molar-refractivity contribution is -0.255. The van der Waals surface area contributed by atoms with Gasteiger partial charge in [0.1, 0.15) is 0 Å². The van der Waals surface area contributed by atoms with E-state index in [1.165, 1.54) is 7.05 Å². The highest BCUT2D eigenvalue weighted by Gasteiger charge is 2.16. The van der Waals surface area contributed by atoms with Gasteiger partial charge in [-0.2, -0.15) is 0 Å². The molecule has 6 N–H and O–H groups in total. The summed E-state index contributed by atoms with van der Waals surface area (Å²) in [7, 11) is 1.19. The smallest absolute Gasteiger partial charge is 0.292 e. The van der Waals surface area contributed by atoms with Gasteiger partial charge in [-0.15, -0.1) is 0 Å². The molecule has 0 aromatic heterocycles. The molecule has 0 amide bonds. The van der Waals surface area contributed by atoms with E-state index >= 15 is 0 Å². The average Bonchev–Trinajstić information content (AvgIpc) is 1.88. The molecule has 0 spiro atoms. The van der Waals surface area contributed by atoms with Crippen LogP contribution in [-0.4, -0.2) is 50.2 Å². The van der Waals surface area contributed by atoms with Gasteiger partial charge in [0.2, 0.25) is 0 Å². The predicted octanol–water partition coefficient (Wildman–Crippen LogP) is -2.02. The molecule has 66 valence electrons. The second kappa shape index (κ2) is 3.93. The van der Waals surface area contributed by atoms with Crippen molar-refractivity contribution in [2.75, 3.05) is 7.05 Å². The second-order valence-electron chi connectivity index (χ2n) is 1.71. The Balaban J connectivity index is 4.28. The number of hydrogen-bond donors (Lipinski definition) is 5. The Morgan fingerprint density at radius 1 is 1.55 bits per heavy atom. The Morgan fingerprint density at radius 2 is 2.00 bits per heavy atom. The van der Waals surface area contributed by atoms with Gasteiger partial charge >= 0.3 is 0 Å². The molecule has 0 fully saturated rings. The first-order valence-corrected chi connectivity index (χ1v) is 2.57. The number of oxime groups is 1. The number of aliphatic hydroxyl groups is 1. The van der Waals surface area contributed by atoms with Gasteiger partial charge in [-0.3, -0.25) is 16.1 Å². The molecule has 1 unspecified atom stereocenters. The molecule has 1 atom stereocenters. The fourth-order valence-electron chi connectivity index (χ4n) is 0.370. The molecule has 0 saturated carbocycles. The van der Waals surface area contributed by atoms with Crippen LogP contribution in [0.1, 0.15) is 0 Å². The zero-order valence-electron chi connectivity index (χ0n) is 5.79. The molecular formula is C3H10N4O4. The first kappa shape index (κ1) is 9.91. The lowest BCUT2D eigenvalue weighted by Gasteiger charge is -2.23. The van der Waals surface area contributed by atoms with Gasteiger partial charge < -0.3 is 15.2 Å². The number of hydrogen-bond acceptors (Lipinski definition) is 6. The maximum atomic E-state index is 8.63. The number of rotatable bonds is 1. The second-order valence-corrected chi connectivity index (χ2v) is 1.71. The Hall–Kier alpha value is -1.09. The summed E-state index contributed by atoms with van der Waals surface area (Å²) in [4.78, 5) is 0.722. The minimum Gasteiger partial charge on any atom is -0.408 e. The molecule has 0 bridgehead atoms. The summed E-state index contributed by atoms with van der Waals surface area (Å²) < 4.78 is 0. The van der Waals surface area contributed by atoms with E-state index in [2.05, 4.69) is 5.16 Å². The lowest BCUT2D eigenvalue weighted by atomic mass is 10.7. The summed E-state index contributed by atoms with van der Waals surface area (Å²) in [6.45, 7) is 0. The van der Waals surface area contributed by atoms with Crippen LogP contribution >= 0.6 is 0 Å². The zero-order chi connectivity index (χ0) is 9.02. The van der Waals surface area contributed by atoms with Crippen molar-refractivity contribution in [3.8, 4) is 0 Å². The van der Waals surface area contributed by atoms with Crippen LogP contribution in [0.2, 0.25) is 0 Å². The normalized spacial score (nSPS) is 14.5. The molecule has 0 aliphatic carbocycles. The van der Waals surface area contributed by atoms with E-state index in [9.17, 15) is 0 Å². The van der Waals surface area contributed by atoms with Crippen LogP contribution in [0.3, 0.4) is 0 Å². The third-order valence-electron chi connectivity index (χ3n) is 0.981. The molecule has 0 aromatic rings. The molecule has 0 aliphatic heterocycles. The Morgan fingerprint density at radius 3 is 2.09 bits per heavy atom. The van der Waals surface area contributed by atoms with E-state index in [0.717, 1.165) is 4.90 Å². The van der Waals surface area contributed by atoms with E-state index in [1.54, 1.807) is 0 Å². The highest BCUT2D eigenvalue weighted by atomic mass is 16.8. The van der Waals surface area contributed by atoms with Gasteiger partial charge in [-0.1, -0.05) is 5.23 Å². The maximum Gasteiger partial charge on any atom is 0.292 e. The van der Waals surface area contributed by atoms with E-state index in [1.807, 2.05) is 0 Å². The van der Waals surface area contributed by atoms with Crippen LogP contribution in [0.15, 0.2) is 5.16 Å². The van der Waals surface area contributed by atoms with Crippen molar-refractivity contribution in [3.63, 3.8) is 0 Å². The summed E-state index contributed by atoms with van der Waals surface area (Å²) in [5, 5.41) is 35.4. The van der Waals surface area contributed by atoms with E-state index in [-0.39, 0.29) is 0 Å². The van der Waals surface area contributed by atoms with Crippen LogP contribution in [0.5, 0.6) is 0 Å². The number of nitrogens with zero attached hydrogens (tertiary/aromatic N) is 3. The van der Waals surface area contributed by atoms with Crippen molar-refractivity contribution in [1.29, 1.82) is 0 Å². The van der Waals surface area contributed by atoms with Gasteiger partial charge in [0, 0.05) is 7.05 Å². The molecule has 8 heteroatoms. The van der Waals surface area contributed by atoms with Crippen LogP contribution in [0.25, 0.3) is 0 Å². The third kappa shape index (κ3) is 2.55. The van der Waals surface area contributed by atoms with Crippen LogP contribution in [-0.2, 0) is 0 Å². The predicted molar refractivity (Wildman–Crippen MR) is 32.6 cm³/mol. The molecule has 0 saturated heterocycles. The molecule has 0 radical (unpaired) electrons. The fourth-order valence-corrected chi connectivity index (χ4v) is 0.370. The largest absolute Gasteiger partial charge is 0.408 e. The molecule has 0 aliphatic rings. The van der Waals surface area contributed by atoms with Crippen LogP contribution in [0, 0.1) is 0 Å². The van der Waals surface area contributed by atoms with E-state index in [0.29, 0.717) is 0 Å². The summed E-state index contributed by atoms with van der Waals surface area (Å²) in [5.74, 6) is -0.694. The maximum absolute atomic E-state index is 8.63. The SMILES string of the molecule is CN(/C(=N/O)N(O)O)C(N)O. The number of hydroxylamine groups is 2. The summed E-state index contributed by atoms with van der Waals surface area (Å²) in [6.07, 6.45) is -1.48. The topological polar surface area (TPSA) is 126 Å². The van der Waals surface area contributed by atoms with Crippen molar-refractivity contribution in [2.45, 2.75) is 6.35 Å². The molecule has 8 nitrogen and oxygen atoms in total. The highest BCUT2D eigenvalue weighted by molar-refractivity contribution is 5.76. The molecule has 0 heterocycles. The minimum atomic E-state index is -1.48. The zero-order valence-corrected chi connectivity index (χ0v) is 5.79. The molecular weight excluding hydrogens is 156 g/mol. The quantitative estimate of drug-likeness (QED) is 0.1000. The summed E-state index contributed by atoms with van der Waals surface area (Å²) in [6, 6.07) is 0. The summed E-state index contributed by atoms with van der Waals surface area (Å²) in [5.41, 5.74) is 4.89. The Labute approximate surface area is 62.3 Å². The minimum absolute atomic E-state index is 0.476. The van der Waals surface area contributed by atoms with Crippen LogP contribution < -0.4 is 5.73 Å². The van der Waals surface area contributed by atoms with Crippen molar-refractivity contribution in [1.82, 2.24) is 10.1 Å². The monoisotopic (exact) mass is 166 g/mol. The van der Waals surface area contributed by atoms with Crippen molar-refractivity contribution in [3.05, 3.63) is 0 Å². The first-order valence-electron chi connectivity index (χ1n) is 2.57. The standard InChI is InChI=1S/C3H10N4O4/c1-6(2(4)8)3(5-9)7(10)11/h2,8-11H,4H2,1H3/b5-3-. The fraction of sp³-hybridized carbons (Fsp3) is 0.667. The van der Waals surface area contributed by atoms with Crippen LogP contribution in [0.4, 0.5) is 0 Å². The average molecular weight is 166 g/mol. The number of guanidine groups is 1. The van der Waals surface area contributed by atoms with Gasteiger partial charge in [0.25, 0.3) is 5.96 Å². The highest BCUT2D eigenvalue weighted by Crippen LogP contribution is 1.91. The van der Waals surface area contributed by atoms with E-state index in [4.69, 9.17) is 26.5 Å². The first-order chi connectivity index (χ1) is 5.00. The number of nitrogens with two attached hydrogens (primary N) is 1. The van der Waals surface area contributed by atoms with Gasteiger partial charge in [-0.05, 0) is 5.16 Å². The van der Waals surface area contributed by atoms with Gasteiger partial charge in [-0.25, -0.2) is 0 Å². The van der Waals surface area contributed by atoms with Gasteiger partial charge in [0.05, 0.1) is 0 Å². The lowest BCUT2D eigenvalue weighted by Crippen LogP contribution is -2.48. The molecule has 0 aromatic carbocycles. The van der Waals surface area contributed by atoms with Crippen molar-refractivity contribution < 1.29 is 20.7 Å². The third-order valence-corrected chi connectivity index (χ3v) is 0.981. The van der Waals surface area contributed by atoms with Crippen molar-refractivity contribution >= 4 is 5.96 Å². The Kier molecular flexibility index (Phi) is 3.54.